The van der Waals surface area contributed by atoms with Crippen molar-refractivity contribution in [1.29, 1.82) is 0 Å². The number of halogens is 2. The van der Waals surface area contributed by atoms with Gasteiger partial charge in [-0.1, -0.05) is 38.4 Å². The molecule has 0 atom stereocenters. The first-order valence-electron chi connectivity index (χ1n) is 7.88. The second-order valence-electron chi connectivity index (χ2n) is 6.86. The fourth-order valence-electron chi connectivity index (χ4n) is 2.06. The summed E-state index contributed by atoms with van der Waals surface area (Å²) < 4.78 is 13.4. The summed E-state index contributed by atoms with van der Waals surface area (Å²) in [5.41, 5.74) is 6.64. The molecule has 2 aromatic carbocycles. The number of rotatable bonds is 5. The first-order chi connectivity index (χ1) is 11.7. The van der Waals surface area contributed by atoms with Crippen LogP contribution in [0.1, 0.15) is 27.2 Å². The van der Waals surface area contributed by atoms with Crippen molar-refractivity contribution in [2.75, 3.05) is 5.43 Å². The second kappa shape index (κ2) is 8.12. The molecule has 0 saturated carbocycles. The minimum atomic E-state index is -0.408. The Kier molecular flexibility index (Phi) is 6.15. The molecule has 0 unspecified atom stereocenters. The fraction of sp³-hybridized carbons (Fsp3) is 0.263. The quantitative estimate of drug-likeness (QED) is 0.441. The van der Waals surface area contributed by atoms with E-state index in [4.69, 9.17) is 11.6 Å². The number of hydrazine groups is 1. The molecule has 0 aliphatic heterocycles. The number of Topliss-reactive ketones (excluding diaryl/α,β-unsaturated/α-hetero) is 1. The zero-order chi connectivity index (χ0) is 18.4. The molecule has 0 heterocycles. The molecule has 25 heavy (non-hydrogen) atoms. The number of aliphatic imine (C=N–C) groups is 1. The summed E-state index contributed by atoms with van der Waals surface area (Å²) in [5.74, 6) is -0.455. The van der Waals surface area contributed by atoms with Crippen LogP contribution in [0.4, 0.5) is 15.8 Å². The molecule has 0 aliphatic rings. The summed E-state index contributed by atoms with van der Waals surface area (Å²) in [7, 11) is 0. The summed E-state index contributed by atoms with van der Waals surface area (Å²) in [6.45, 7) is 5.91. The zero-order valence-corrected chi connectivity index (χ0v) is 15.2. The van der Waals surface area contributed by atoms with E-state index < -0.39 is 5.82 Å². The van der Waals surface area contributed by atoms with Gasteiger partial charge >= 0.3 is 0 Å². The lowest BCUT2D eigenvalue weighted by Crippen LogP contribution is -2.37. The number of hydrogen-bond acceptors (Lipinski definition) is 3. The van der Waals surface area contributed by atoms with E-state index in [1.807, 2.05) is 20.8 Å². The first-order valence-corrected chi connectivity index (χ1v) is 8.26. The Hall–Kier alpha value is -2.40. The number of amidine groups is 1. The minimum absolute atomic E-state index is 0.121. The Balaban J connectivity index is 2.22. The van der Waals surface area contributed by atoms with Crippen LogP contribution in [-0.4, -0.2) is 11.6 Å². The van der Waals surface area contributed by atoms with E-state index in [0.29, 0.717) is 17.1 Å². The van der Waals surface area contributed by atoms with Gasteiger partial charge < -0.3 is 0 Å². The van der Waals surface area contributed by atoms with Crippen LogP contribution >= 0.6 is 11.6 Å². The van der Waals surface area contributed by atoms with Crippen LogP contribution in [0.25, 0.3) is 0 Å². The molecule has 2 N–H and O–H groups in total. The van der Waals surface area contributed by atoms with Gasteiger partial charge in [0.2, 0.25) is 0 Å². The molecular formula is C19H21ClFN3O. The number of anilines is 1. The largest absolute Gasteiger partial charge is 0.300 e. The predicted molar refractivity (Wildman–Crippen MR) is 101 cm³/mol. The summed E-state index contributed by atoms with van der Waals surface area (Å²) in [6, 6.07) is 12.8. The molecule has 0 fully saturated rings. The van der Waals surface area contributed by atoms with Gasteiger partial charge in [0, 0.05) is 11.4 Å². The minimum Gasteiger partial charge on any atom is -0.300 e. The molecule has 0 amide bonds. The number of ketones is 1. The van der Waals surface area contributed by atoms with Gasteiger partial charge in [-0.25, -0.2) is 9.38 Å². The van der Waals surface area contributed by atoms with Gasteiger partial charge in [0.25, 0.3) is 0 Å². The normalized spacial score (nSPS) is 12.0. The van der Waals surface area contributed by atoms with Crippen molar-refractivity contribution < 1.29 is 9.18 Å². The van der Waals surface area contributed by atoms with Gasteiger partial charge in [0.1, 0.15) is 5.82 Å². The maximum Gasteiger partial charge on any atom is 0.199 e. The van der Waals surface area contributed by atoms with E-state index in [2.05, 4.69) is 15.8 Å². The molecule has 0 aromatic heterocycles. The Morgan fingerprint density at radius 2 is 1.84 bits per heavy atom. The smallest absolute Gasteiger partial charge is 0.199 e. The van der Waals surface area contributed by atoms with Crippen molar-refractivity contribution in [3.63, 3.8) is 0 Å². The molecule has 0 aliphatic carbocycles. The predicted octanol–water partition coefficient (Wildman–Crippen LogP) is 5.13. The highest BCUT2D eigenvalue weighted by Gasteiger charge is 2.20. The van der Waals surface area contributed by atoms with E-state index in [1.165, 1.54) is 12.1 Å². The van der Waals surface area contributed by atoms with E-state index in [9.17, 15) is 9.18 Å². The third-order valence-electron chi connectivity index (χ3n) is 3.17. The molecule has 0 bridgehead atoms. The van der Waals surface area contributed by atoms with Gasteiger partial charge in [-0.15, -0.1) is 0 Å². The number of carbonyl (C=O) groups excluding carboxylic acids is 1. The molecule has 2 rings (SSSR count). The fourth-order valence-corrected chi connectivity index (χ4v) is 2.19. The molecule has 132 valence electrons. The van der Waals surface area contributed by atoms with Gasteiger partial charge in [-0.05, 0) is 47.9 Å². The lowest BCUT2D eigenvalue weighted by molar-refractivity contribution is -0.114. The first kappa shape index (κ1) is 18.9. The van der Waals surface area contributed by atoms with Crippen LogP contribution in [0.3, 0.4) is 0 Å². The van der Waals surface area contributed by atoms with Crippen LogP contribution in [0.2, 0.25) is 5.02 Å². The SMILES string of the molecule is CC(C)(C)CC(=O)C(=Nc1cccc(F)c1)NNc1ccc(Cl)cc1. The highest BCUT2D eigenvalue weighted by atomic mass is 35.5. The number of nitrogens with one attached hydrogen (secondary N) is 2. The molecule has 4 nitrogen and oxygen atoms in total. The van der Waals surface area contributed by atoms with E-state index in [0.717, 1.165) is 5.69 Å². The van der Waals surface area contributed by atoms with E-state index >= 15 is 0 Å². The van der Waals surface area contributed by atoms with Crippen LogP contribution in [0.5, 0.6) is 0 Å². The number of carbonyl (C=O) groups is 1. The summed E-state index contributed by atoms with van der Waals surface area (Å²) >= 11 is 5.86. The van der Waals surface area contributed by atoms with Crippen LogP contribution in [0.15, 0.2) is 53.5 Å². The summed E-state index contributed by atoms with van der Waals surface area (Å²) in [6.07, 6.45) is 0.302. The molecule has 2 aromatic rings. The average molecular weight is 362 g/mol. The van der Waals surface area contributed by atoms with E-state index in [1.54, 1.807) is 36.4 Å². The van der Waals surface area contributed by atoms with Crippen molar-refractivity contribution in [3.05, 3.63) is 59.4 Å². The monoisotopic (exact) mass is 361 g/mol. The Morgan fingerprint density at radius 3 is 2.44 bits per heavy atom. The Morgan fingerprint density at radius 1 is 1.16 bits per heavy atom. The Bertz CT molecular complexity index is 767. The highest BCUT2D eigenvalue weighted by Crippen LogP contribution is 2.20. The Labute approximate surface area is 152 Å². The van der Waals surface area contributed by atoms with Crippen LogP contribution in [-0.2, 0) is 4.79 Å². The lowest BCUT2D eigenvalue weighted by atomic mass is 9.90. The van der Waals surface area contributed by atoms with E-state index in [-0.39, 0.29) is 17.0 Å². The number of hydrogen-bond donors (Lipinski definition) is 2. The van der Waals surface area contributed by atoms with Gasteiger partial charge in [-0.2, -0.15) is 0 Å². The standard InChI is InChI=1S/C19H21ClFN3O/c1-19(2,3)12-17(25)18(22-16-6-4-5-14(21)11-16)24-23-15-9-7-13(20)8-10-15/h4-11,23H,12H2,1-3H3,(H,22,24). The topological polar surface area (TPSA) is 53.5 Å². The molecule has 0 radical (unpaired) electrons. The molecule has 6 heteroatoms. The molecular weight excluding hydrogens is 341 g/mol. The number of nitrogens with zero attached hydrogens (tertiary/aromatic N) is 1. The third kappa shape index (κ3) is 6.55. The zero-order valence-electron chi connectivity index (χ0n) is 14.4. The lowest BCUT2D eigenvalue weighted by Gasteiger charge is -2.18. The summed E-state index contributed by atoms with van der Waals surface area (Å²) in [4.78, 5) is 16.8. The van der Waals surface area contributed by atoms with Crippen molar-refractivity contribution >= 4 is 34.6 Å². The maximum absolute atomic E-state index is 13.4. The maximum atomic E-state index is 13.4. The van der Waals surface area contributed by atoms with Gasteiger partial charge in [0.05, 0.1) is 11.4 Å². The van der Waals surface area contributed by atoms with Crippen molar-refractivity contribution in [3.8, 4) is 0 Å². The highest BCUT2D eigenvalue weighted by molar-refractivity contribution is 6.39. The van der Waals surface area contributed by atoms with Crippen LogP contribution in [0, 0.1) is 11.2 Å². The summed E-state index contributed by atoms with van der Waals surface area (Å²) in [5, 5.41) is 0.614. The van der Waals surface area contributed by atoms with Crippen molar-refractivity contribution in [2.24, 2.45) is 10.4 Å². The van der Waals surface area contributed by atoms with Gasteiger partial charge in [-0.3, -0.25) is 15.6 Å². The average Bonchev–Trinajstić information content (AvgIpc) is 2.51. The third-order valence-corrected chi connectivity index (χ3v) is 3.43. The molecule has 0 saturated heterocycles. The van der Waals surface area contributed by atoms with Crippen molar-refractivity contribution in [2.45, 2.75) is 27.2 Å². The molecule has 0 spiro atoms. The number of benzene rings is 2. The second-order valence-corrected chi connectivity index (χ2v) is 7.29. The van der Waals surface area contributed by atoms with Gasteiger partial charge in [0.15, 0.2) is 11.6 Å². The van der Waals surface area contributed by atoms with Crippen molar-refractivity contribution in [1.82, 2.24) is 5.43 Å². The van der Waals surface area contributed by atoms with Crippen LogP contribution < -0.4 is 10.9 Å².